The molecular weight excluding hydrogens is 522 g/mol. The largest absolute Gasteiger partial charge is 0.493 e. The first-order chi connectivity index (χ1) is 18.9. The number of hydrogen-bond acceptors (Lipinski definition) is 7. The lowest BCUT2D eigenvalue weighted by Gasteiger charge is -2.31. The molecule has 0 unspecified atom stereocenters. The molecule has 2 aromatic carbocycles. The Bertz CT molecular complexity index is 1570. The van der Waals surface area contributed by atoms with Gasteiger partial charge in [-0.2, -0.15) is 0 Å². The highest BCUT2D eigenvalue weighted by Gasteiger charge is 2.29. The van der Waals surface area contributed by atoms with Crippen molar-refractivity contribution in [2.75, 3.05) is 21.3 Å². The van der Waals surface area contributed by atoms with Crippen LogP contribution in [0.3, 0.4) is 0 Å². The van der Waals surface area contributed by atoms with Gasteiger partial charge in [-0.3, -0.25) is 9.59 Å². The van der Waals surface area contributed by atoms with Crippen molar-refractivity contribution in [1.82, 2.24) is 15.0 Å². The molecule has 0 aliphatic heterocycles. The summed E-state index contributed by atoms with van der Waals surface area (Å²) in [5.74, 6) is 2.16. The molecule has 4 aromatic rings. The topological polar surface area (TPSA) is 105 Å². The van der Waals surface area contributed by atoms with Gasteiger partial charge in [0.1, 0.15) is 16.7 Å². The first kappa shape index (κ1) is 26.9. The van der Waals surface area contributed by atoms with Gasteiger partial charge in [-0.25, -0.2) is 0 Å². The van der Waals surface area contributed by atoms with Crippen molar-refractivity contribution in [1.29, 1.82) is 0 Å². The van der Waals surface area contributed by atoms with E-state index in [1.54, 1.807) is 34.3 Å². The summed E-state index contributed by atoms with van der Waals surface area (Å²) in [5.41, 5.74) is 1.95. The standard InChI is InChI=1S/C29H32ClN3O6/c1-16-25-27(32-39-16)26-20(30)9-6-10-21(26)33(29(25)35)19-8-5-7-17(11-19)14-24(34)31-15-18-12-22(36-2)28(38-4)23(13-18)37-3/h6,9-10,12-13,17,19H,5,7-8,11,14-15H2,1-4H3,(H,31,34)/t17-,19+/m1/s1. The number of benzene rings is 2. The predicted octanol–water partition coefficient (Wildman–Crippen LogP) is 5.57. The fourth-order valence-corrected chi connectivity index (χ4v) is 6.05. The average molecular weight is 554 g/mol. The number of halogens is 1. The summed E-state index contributed by atoms with van der Waals surface area (Å²) >= 11 is 6.57. The zero-order valence-electron chi connectivity index (χ0n) is 22.5. The maximum absolute atomic E-state index is 13.7. The SMILES string of the molecule is COc1cc(CNC(=O)C[C@@H]2CCC[C@H](n3c(=O)c4c(C)onc4c4c(Cl)cccc43)C2)cc(OC)c1OC. The summed E-state index contributed by atoms with van der Waals surface area (Å²) in [7, 11) is 4.67. The van der Waals surface area contributed by atoms with Crippen molar-refractivity contribution in [3.8, 4) is 17.2 Å². The maximum Gasteiger partial charge on any atom is 0.264 e. The van der Waals surface area contributed by atoms with Gasteiger partial charge in [0.25, 0.3) is 5.56 Å². The first-order valence-electron chi connectivity index (χ1n) is 13.0. The number of carbonyl (C=O) groups excluding carboxylic acids is 1. The molecule has 0 saturated heterocycles. The van der Waals surface area contributed by atoms with Gasteiger partial charge in [0.05, 0.1) is 31.9 Å². The number of aromatic nitrogens is 2. The van der Waals surface area contributed by atoms with E-state index >= 15 is 0 Å². The molecule has 2 aromatic heterocycles. The smallest absolute Gasteiger partial charge is 0.264 e. The second-order valence-corrected chi connectivity index (χ2v) is 10.4. The quantitative estimate of drug-likeness (QED) is 0.304. The minimum Gasteiger partial charge on any atom is -0.493 e. The highest BCUT2D eigenvalue weighted by atomic mass is 35.5. The summed E-state index contributed by atoms with van der Waals surface area (Å²) in [5, 5.41) is 8.86. The summed E-state index contributed by atoms with van der Waals surface area (Å²) in [6, 6.07) is 9.13. The summed E-state index contributed by atoms with van der Waals surface area (Å²) in [4.78, 5) is 26.6. The molecular formula is C29H32ClN3O6. The van der Waals surface area contributed by atoms with E-state index in [4.69, 9.17) is 30.3 Å². The summed E-state index contributed by atoms with van der Waals surface area (Å²) < 4.78 is 23.4. The highest BCUT2D eigenvalue weighted by molar-refractivity contribution is 6.37. The van der Waals surface area contributed by atoms with Gasteiger partial charge in [-0.1, -0.05) is 29.2 Å². The van der Waals surface area contributed by atoms with Crippen LogP contribution in [-0.2, 0) is 11.3 Å². The van der Waals surface area contributed by atoms with E-state index < -0.39 is 0 Å². The van der Waals surface area contributed by atoms with Gasteiger partial charge in [-0.05, 0) is 61.9 Å². The van der Waals surface area contributed by atoms with E-state index in [0.717, 1.165) is 42.1 Å². The maximum atomic E-state index is 13.7. The number of rotatable bonds is 8. The van der Waals surface area contributed by atoms with Gasteiger partial charge >= 0.3 is 0 Å². The number of ether oxygens (including phenoxy) is 3. The lowest BCUT2D eigenvalue weighted by molar-refractivity contribution is -0.122. The fraction of sp³-hybridized carbons (Fsp3) is 0.414. The number of nitrogens with zero attached hydrogens (tertiary/aromatic N) is 2. The average Bonchev–Trinajstić information content (AvgIpc) is 3.33. The molecule has 39 heavy (non-hydrogen) atoms. The van der Waals surface area contributed by atoms with E-state index in [0.29, 0.717) is 51.9 Å². The number of pyridine rings is 1. The molecule has 0 spiro atoms. The molecule has 1 aliphatic rings. The van der Waals surface area contributed by atoms with Crippen molar-refractivity contribution >= 4 is 39.3 Å². The van der Waals surface area contributed by atoms with Crippen LogP contribution < -0.4 is 25.1 Å². The number of fused-ring (bicyclic) bond motifs is 3. The molecule has 1 saturated carbocycles. The monoisotopic (exact) mass is 553 g/mol. The van der Waals surface area contributed by atoms with Crippen molar-refractivity contribution in [2.45, 2.75) is 51.6 Å². The van der Waals surface area contributed by atoms with E-state index in [2.05, 4.69) is 10.5 Å². The lowest BCUT2D eigenvalue weighted by Crippen LogP contribution is -2.31. The van der Waals surface area contributed by atoms with Crippen LogP contribution in [0.25, 0.3) is 21.8 Å². The number of nitrogens with one attached hydrogen (secondary N) is 1. The molecule has 9 nitrogen and oxygen atoms in total. The Morgan fingerprint density at radius 3 is 2.56 bits per heavy atom. The second-order valence-electron chi connectivity index (χ2n) is 9.97. The Labute approximate surface area is 231 Å². The molecule has 1 amide bonds. The highest BCUT2D eigenvalue weighted by Crippen LogP contribution is 2.39. The third-order valence-electron chi connectivity index (χ3n) is 7.59. The zero-order valence-corrected chi connectivity index (χ0v) is 23.3. The summed E-state index contributed by atoms with van der Waals surface area (Å²) in [6.45, 7) is 2.07. The normalized spacial score (nSPS) is 17.4. The van der Waals surface area contributed by atoms with Crippen LogP contribution >= 0.6 is 11.6 Å². The van der Waals surface area contributed by atoms with Gasteiger partial charge in [0.15, 0.2) is 11.5 Å². The van der Waals surface area contributed by atoms with Crippen LogP contribution in [0, 0.1) is 12.8 Å². The van der Waals surface area contributed by atoms with E-state index in [1.165, 1.54) is 0 Å². The van der Waals surface area contributed by atoms with Crippen LogP contribution in [-0.4, -0.2) is 37.0 Å². The Morgan fingerprint density at radius 1 is 1.13 bits per heavy atom. The van der Waals surface area contributed by atoms with Crippen molar-refractivity contribution in [3.05, 3.63) is 57.0 Å². The Morgan fingerprint density at radius 2 is 1.87 bits per heavy atom. The van der Waals surface area contributed by atoms with E-state index in [1.807, 2.05) is 28.8 Å². The Hall–Kier alpha value is -3.72. The molecule has 1 fully saturated rings. The second kappa shape index (κ2) is 11.2. The lowest BCUT2D eigenvalue weighted by atomic mass is 9.83. The van der Waals surface area contributed by atoms with Gasteiger partial charge in [0, 0.05) is 24.4 Å². The molecule has 5 rings (SSSR count). The van der Waals surface area contributed by atoms with Crippen LogP contribution in [0.2, 0.25) is 5.02 Å². The van der Waals surface area contributed by atoms with E-state index in [-0.39, 0.29) is 23.4 Å². The molecule has 10 heteroatoms. The minimum absolute atomic E-state index is 0.0417. The molecule has 206 valence electrons. The van der Waals surface area contributed by atoms with Crippen LogP contribution in [0.1, 0.15) is 49.5 Å². The van der Waals surface area contributed by atoms with E-state index in [9.17, 15) is 9.59 Å². The molecule has 0 radical (unpaired) electrons. The minimum atomic E-state index is -0.129. The number of amides is 1. The summed E-state index contributed by atoms with van der Waals surface area (Å²) in [6.07, 6.45) is 3.79. The van der Waals surface area contributed by atoms with Gasteiger partial charge < -0.3 is 28.6 Å². The van der Waals surface area contributed by atoms with Gasteiger partial charge in [0.2, 0.25) is 11.7 Å². The third kappa shape index (κ3) is 5.03. The predicted molar refractivity (Wildman–Crippen MR) is 149 cm³/mol. The van der Waals surface area contributed by atoms with Crippen LogP contribution in [0.15, 0.2) is 39.6 Å². The van der Waals surface area contributed by atoms with Crippen molar-refractivity contribution in [2.24, 2.45) is 5.92 Å². The van der Waals surface area contributed by atoms with Crippen molar-refractivity contribution < 1.29 is 23.5 Å². The van der Waals surface area contributed by atoms with Crippen LogP contribution in [0.5, 0.6) is 17.2 Å². The van der Waals surface area contributed by atoms with Gasteiger partial charge in [-0.15, -0.1) is 0 Å². The number of hydrogen-bond donors (Lipinski definition) is 1. The van der Waals surface area contributed by atoms with Crippen molar-refractivity contribution in [3.63, 3.8) is 0 Å². The fourth-order valence-electron chi connectivity index (χ4n) is 5.79. The molecule has 2 atom stereocenters. The number of methoxy groups -OCH3 is 3. The molecule has 1 aliphatic carbocycles. The molecule has 1 N–H and O–H groups in total. The first-order valence-corrected chi connectivity index (χ1v) is 13.4. The third-order valence-corrected chi connectivity index (χ3v) is 7.91. The zero-order chi connectivity index (χ0) is 27.7. The molecule has 2 heterocycles. The Balaban J connectivity index is 1.34. The number of aryl methyl sites for hydroxylation is 1. The molecule has 0 bridgehead atoms. The Kier molecular flexibility index (Phi) is 7.70. The van der Waals surface area contributed by atoms with Crippen LogP contribution in [0.4, 0.5) is 0 Å². The number of carbonyl (C=O) groups is 1.